The third-order valence-electron chi connectivity index (χ3n) is 2.33. The number of halogens is 2. The van der Waals surface area contributed by atoms with Crippen LogP contribution in [0.25, 0.3) is 0 Å². The quantitative estimate of drug-likeness (QED) is 0.810. The van der Waals surface area contributed by atoms with Crippen LogP contribution in [0.4, 0.5) is 14.5 Å². The molecule has 3 N–H and O–H groups in total. The minimum atomic E-state index is -1.04. The van der Waals surface area contributed by atoms with Gasteiger partial charge in [-0.25, -0.2) is 8.78 Å². The summed E-state index contributed by atoms with van der Waals surface area (Å²) in [4.78, 5) is -0.172. The number of hydrogen-bond donors (Lipinski definition) is 2. The zero-order chi connectivity index (χ0) is 13.9. The fraction of sp³-hybridized carbons (Fsp3) is 0.417. The summed E-state index contributed by atoms with van der Waals surface area (Å²) in [7, 11) is 1.54. The van der Waals surface area contributed by atoms with Gasteiger partial charge < -0.3 is 15.8 Å². The van der Waals surface area contributed by atoms with Crippen molar-refractivity contribution in [2.75, 3.05) is 19.0 Å². The molecule has 0 aliphatic carbocycles. The highest BCUT2D eigenvalue weighted by Gasteiger charge is 2.21. The van der Waals surface area contributed by atoms with E-state index >= 15 is 0 Å². The van der Waals surface area contributed by atoms with Gasteiger partial charge in [-0.15, -0.1) is 0 Å². The standard InChI is InChI=1S/C12H16F2N2OS/c1-12(2,6-17-3)16-8-5-4-7(11(15)18)9(13)10(8)14/h4-5,16H,6H2,1-3H3,(H2,15,18). The average Bonchev–Trinajstić information content (AvgIpc) is 2.24. The maximum Gasteiger partial charge on any atom is 0.182 e. The Bertz CT molecular complexity index is 464. The van der Waals surface area contributed by atoms with Gasteiger partial charge in [0.1, 0.15) is 4.99 Å². The molecule has 0 fully saturated rings. The van der Waals surface area contributed by atoms with E-state index in [1.54, 1.807) is 0 Å². The van der Waals surface area contributed by atoms with Gasteiger partial charge in [0.15, 0.2) is 11.6 Å². The lowest BCUT2D eigenvalue weighted by atomic mass is 10.1. The summed E-state index contributed by atoms with van der Waals surface area (Å²) in [6.45, 7) is 3.98. The number of ether oxygens (including phenoxy) is 1. The van der Waals surface area contributed by atoms with Crippen LogP contribution in [-0.2, 0) is 4.74 Å². The smallest absolute Gasteiger partial charge is 0.182 e. The van der Waals surface area contributed by atoms with Crippen LogP contribution < -0.4 is 11.1 Å². The lowest BCUT2D eigenvalue weighted by Gasteiger charge is -2.27. The molecule has 3 nitrogen and oxygen atoms in total. The van der Waals surface area contributed by atoms with E-state index in [0.29, 0.717) is 6.61 Å². The predicted molar refractivity (Wildman–Crippen MR) is 71.8 cm³/mol. The molecule has 0 aliphatic rings. The molecule has 0 spiro atoms. The number of nitrogens with one attached hydrogen (secondary N) is 1. The van der Waals surface area contributed by atoms with Crippen LogP contribution in [0.15, 0.2) is 12.1 Å². The number of thiocarbonyl (C=S) groups is 1. The summed E-state index contributed by atoms with van der Waals surface area (Å²) in [5.74, 6) is -2.04. The molecule has 0 atom stereocenters. The van der Waals surface area contributed by atoms with Gasteiger partial charge in [0.2, 0.25) is 0 Å². The summed E-state index contributed by atoms with van der Waals surface area (Å²) < 4.78 is 32.5. The molecular formula is C12H16F2N2OS. The Kier molecular flexibility index (Phi) is 4.59. The molecule has 0 amide bonds. The Labute approximate surface area is 110 Å². The summed E-state index contributed by atoms with van der Waals surface area (Å²) >= 11 is 4.63. The van der Waals surface area contributed by atoms with Crippen molar-refractivity contribution in [2.45, 2.75) is 19.4 Å². The summed E-state index contributed by atoms with van der Waals surface area (Å²) in [5.41, 5.74) is 4.72. The molecule has 1 rings (SSSR count). The summed E-state index contributed by atoms with van der Waals surface area (Å²) in [5, 5.41) is 2.87. The van der Waals surface area contributed by atoms with Crippen molar-refractivity contribution in [1.29, 1.82) is 0 Å². The number of anilines is 1. The van der Waals surface area contributed by atoms with Crippen LogP contribution in [-0.4, -0.2) is 24.2 Å². The van der Waals surface area contributed by atoms with Gasteiger partial charge in [-0.2, -0.15) is 0 Å². The van der Waals surface area contributed by atoms with Gasteiger partial charge in [0.05, 0.1) is 17.8 Å². The number of methoxy groups -OCH3 is 1. The van der Waals surface area contributed by atoms with E-state index in [1.165, 1.54) is 19.2 Å². The van der Waals surface area contributed by atoms with Crippen molar-refractivity contribution in [2.24, 2.45) is 5.73 Å². The van der Waals surface area contributed by atoms with Crippen LogP contribution >= 0.6 is 12.2 Å². The molecule has 0 heterocycles. The van der Waals surface area contributed by atoms with E-state index in [1.807, 2.05) is 13.8 Å². The zero-order valence-electron chi connectivity index (χ0n) is 10.5. The van der Waals surface area contributed by atoms with E-state index in [4.69, 9.17) is 10.5 Å². The zero-order valence-corrected chi connectivity index (χ0v) is 11.3. The van der Waals surface area contributed by atoms with Crippen molar-refractivity contribution in [3.8, 4) is 0 Å². The average molecular weight is 274 g/mol. The first-order valence-corrected chi connectivity index (χ1v) is 5.74. The first-order chi connectivity index (χ1) is 8.28. The van der Waals surface area contributed by atoms with Crippen LogP contribution in [0.2, 0.25) is 0 Å². The number of rotatable bonds is 5. The molecule has 100 valence electrons. The molecule has 0 aromatic heterocycles. The number of nitrogens with two attached hydrogens (primary N) is 1. The predicted octanol–water partition coefficient (Wildman–Crippen LogP) is 2.44. The van der Waals surface area contributed by atoms with Crippen LogP contribution in [0.3, 0.4) is 0 Å². The van der Waals surface area contributed by atoms with Crippen molar-refractivity contribution in [3.05, 3.63) is 29.3 Å². The Morgan fingerprint density at radius 1 is 1.39 bits per heavy atom. The van der Waals surface area contributed by atoms with Crippen LogP contribution in [0, 0.1) is 11.6 Å². The Hall–Kier alpha value is -1.27. The third kappa shape index (κ3) is 3.36. The highest BCUT2D eigenvalue weighted by molar-refractivity contribution is 7.80. The van der Waals surface area contributed by atoms with Gasteiger partial charge in [0.25, 0.3) is 0 Å². The molecule has 1 aromatic rings. The number of benzene rings is 1. The molecule has 18 heavy (non-hydrogen) atoms. The topological polar surface area (TPSA) is 47.3 Å². The molecule has 0 unspecified atom stereocenters. The van der Waals surface area contributed by atoms with E-state index in [2.05, 4.69) is 17.5 Å². The van der Waals surface area contributed by atoms with Crippen LogP contribution in [0.1, 0.15) is 19.4 Å². The SMILES string of the molecule is COCC(C)(C)Nc1ccc(C(N)=S)c(F)c1F. The van der Waals surface area contributed by atoms with E-state index in [-0.39, 0.29) is 16.2 Å². The fourth-order valence-electron chi connectivity index (χ4n) is 1.60. The first kappa shape index (κ1) is 14.8. The van der Waals surface area contributed by atoms with Gasteiger partial charge in [-0.1, -0.05) is 12.2 Å². The largest absolute Gasteiger partial charge is 0.389 e. The second-order valence-electron chi connectivity index (χ2n) is 4.59. The maximum atomic E-state index is 13.8. The number of hydrogen-bond acceptors (Lipinski definition) is 3. The fourth-order valence-corrected chi connectivity index (χ4v) is 1.76. The minimum Gasteiger partial charge on any atom is -0.389 e. The second kappa shape index (κ2) is 5.58. The molecule has 6 heteroatoms. The molecule has 0 saturated carbocycles. The van der Waals surface area contributed by atoms with Crippen molar-refractivity contribution >= 4 is 22.9 Å². The van der Waals surface area contributed by atoms with E-state index in [0.717, 1.165) is 0 Å². The minimum absolute atomic E-state index is 0.0505. The normalized spacial score (nSPS) is 11.4. The van der Waals surface area contributed by atoms with Crippen molar-refractivity contribution < 1.29 is 13.5 Å². The third-order valence-corrected chi connectivity index (χ3v) is 2.55. The summed E-state index contributed by atoms with van der Waals surface area (Å²) in [6, 6.07) is 2.76. The van der Waals surface area contributed by atoms with Gasteiger partial charge in [-0.05, 0) is 26.0 Å². The monoisotopic (exact) mass is 274 g/mol. The molecule has 0 radical (unpaired) electrons. The molecular weight excluding hydrogens is 258 g/mol. The highest BCUT2D eigenvalue weighted by Crippen LogP contribution is 2.23. The Morgan fingerprint density at radius 3 is 2.50 bits per heavy atom. The lowest BCUT2D eigenvalue weighted by molar-refractivity contribution is 0.158. The van der Waals surface area contributed by atoms with Crippen LogP contribution in [0.5, 0.6) is 0 Å². The van der Waals surface area contributed by atoms with E-state index in [9.17, 15) is 8.78 Å². The highest BCUT2D eigenvalue weighted by atomic mass is 32.1. The molecule has 0 aliphatic heterocycles. The van der Waals surface area contributed by atoms with Crippen molar-refractivity contribution in [3.63, 3.8) is 0 Å². The first-order valence-electron chi connectivity index (χ1n) is 5.33. The molecule has 0 saturated heterocycles. The van der Waals surface area contributed by atoms with Gasteiger partial charge >= 0.3 is 0 Å². The lowest BCUT2D eigenvalue weighted by Crippen LogP contribution is -2.36. The van der Waals surface area contributed by atoms with E-state index < -0.39 is 17.2 Å². The Balaban J connectivity index is 3.06. The molecule has 0 bridgehead atoms. The van der Waals surface area contributed by atoms with Crippen molar-refractivity contribution in [1.82, 2.24) is 0 Å². The maximum absolute atomic E-state index is 13.8. The van der Waals surface area contributed by atoms with Gasteiger partial charge in [-0.3, -0.25) is 0 Å². The second-order valence-corrected chi connectivity index (χ2v) is 5.03. The summed E-state index contributed by atoms with van der Waals surface area (Å²) in [6.07, 6.45) is 0. The Morgan fingerprint density at radius 2 is 2.00 bits per heavy atom. The molecule has 1 aromatic carbocycles. The van der Waals surface area contributed by atoms with Gasteiger partial charge in [0, 0.05) is 12.7 Å².